The maximum absolute atomic E-state index is 12.4. The minimum Gasteiger partial charge on any atom is -0.207 e. The Kier molecular flexibility index (Phi) is 0.950. The van der Waals surface area contributed by atoms with Crippen molar-refractivity contribution in [2.45, 2.75) is 33.0 Å². The van der Waals surface area contributed by atoms with Crippen LogP contribution >= 0.6 is 0 Å². The van der Waals surface area contributed by atoms with Crippen molar-refractivity contribution in [3.05, 3.63) is 0 Å². The van der Waals surface area contributed by atoms with Gasteiger partial charge in [0.25, 0.3) is 0 Å². The topological polar surface area (TPSA) is 0 Å². The molecule has 0 aromatic carbocycles. The molecule has 2 heteroatoms. The fraction of sp³-hybridized carbons (Fsp3) is 1.00. The lowest BCUT2D eigenvalue weighted by molar-refractivity contribution is 0.000982. The minimum atomic E-state index is -3.11. The summed E-state index contributed by atoms with van der Waals surface area (Å²) in [6.07, 6.45) is -0.948. The molecule has 0 bridgehead atoms. The van der Waals surface area contributed by atoms with Crippen molar-refractivity contribution in [2.75, 3.05) is 0 Å². The Labute approximate surface area is 54.5 Å². The fourth-order valence-electron chi connectivity index (χ4n) is 0.466. The van der Waals surface area contributed by atoms with Gasteiger partial charge in [-0.25, -0.2) is 8.78 Å². The molecule has 0 aromatic heterocycles. The van der Waals surface area contributed by atoms with Crippen LogP contribution in [0.3, 0.4) is 0 Å². The average Bonchev–Trinajstić information content (AvgIpc) is 1.52. The molecule has 8 heavy (non-hydrogen) atoms. The highest BCUT2D eigenvalue weighted by atomic mass is 19.3. The number of hydrogen-bond donors (Lipinski definition) is 0. The molecular weight excluding hydrogens is 110 g/mol. The molecule has 1 unspecified atom stereocenters. The predicted octanol–water partition coefficient (Wildman–Crippen LogP) is 2.69. The van der Waals surface area contributed by atoms with Crippen molar-refractivity contribution < 1.29 is 14.3 Å². The first-order valence-corrected chi connectivity index (χ1v) is 2.34. The summed E-state index contributed by atoms with van der Waals surface area (Å²) in [7, 11) is 0. The standard InChI is InChI=1S/C6H12F2/c1-5(2)4-6(3,7)8/h5H,4H2,1-3H3/i1D3,5D. The Morgan fingerprint density at radius 2 is 2.38 bits per heavy atom. The van der Waals surface area contributed by atoms with E-state index < -0.39 is 25.1 Å². The Morgan fingerprint density at radius 1 is 1.88 bits per heavy atom. The van der Waals surface area contributed by atoms with Gasteiger partial charge >= 0.3 is 0 Å². The van der Waals surface area contributed by atoms with E-state index in [2.05, 4.69) is 0 Å². The summed E-state index contributed by atoms with van der Waals surface area (Å²) in [6, 6.07) is 0. The summed E-state index contributed by atoms with van der Waals surface area (Å²) in [5.74, 6) is -5.18. The third-order valence-electron chi connectivity index (χ3n) is 0.576. The maximum Gasteiger partial charge on any atom is 0.245 e. The van der Waals surface area contributed by atoms with E-state index >= 15 is 0 Å². The molecule has 0 nitrogen and oxygen atoms in total. The lowest BCUT2D eigenvalue weighted by atomic mass is 10.1. The van der Waals surface area contributed by atoms with E-state index in [-0.39, 0.29) is 0 Å². The molecule has 0 radical (unpaired) electrons. The fourth-order valence-corrected chi connectivity index (χ4v) is 0.466. The summed E-state index contributed by atoms with van der Waals surface area (Å²) >= 11 is 0. The van der Waals surface area contributed by atoms with Gasteiger partial charge in [0, 0.05) is 11.9 Å². The molecule has 0 fully saturated rings. The highest BCUT2D eigenvalue weighted by molar-refractivity contribution is 4.59. The highest BCUT2D eigenvalue weighted by Crippen LogP contribution is 2.21. The van der Waals surface area contributed by atoms with Crippen molar-refractivity contribution in [2.24, 2.45) is 5.89 Å². The summed E-state index contributed by atoms with van der Waals surface area (Å²) in [5.41, 5.74) is 0. The Morgan fingerprint density at radius 3 is 2.50 bits per heavy atom. The van der Waals surface area contributed by atoms with Gasteiger partial charge in [0.05, 0.1) is 0 Å². The largest absolute Gasteiger partial charge is 0.245 e. The third-order valence-corrected chi connectivity index (χ3v) is 0.576. The van der Waals surface area contributed by atoms with E-state index in [1.165, 1.54) is 0 Å². The first kappa shape index (κ1) is 3.14. The smallest absolute Gasteiger partial charge is 0.207 e. The van der Waals surface area contributed by atoms with Crippen LogP contribution in [0.5, 0.6) is 0 Å². The van der Waals surface area contributed by atoms with Gasteiger partial charge in [-0.1, -0.05) is 13.8 Å². The van der Waals surface area contributed by atoms with Crippen LogP contribution in [0.1, 0.15) is 32.6 Å². The van der Waals surface area contributed by atoms with Crippen LogP contribution < -0.4 is 0 Å². The van der Waals surface area contributed by atoms with Crippen LogP contribution in [0.2, 0.25) is 0 Å². The first-order valence-electron chi connectivity index (χ1n) is 4.34. The second-order valence-corrected chi connectivity index (χ2v) is 2.03. The second kappa shape index (κ2) is 2.42. The number of alkyl halides is 2. The number of hydrogen-bond acceptors (Lipinski definition) is 0. The Balaban J connectivity index is 4.44. The van der Waals surface area contributed by atoms with Gasteiger partial charge in [0.1, 0.15) is 0 Å². The SMILES string of the molecule is [2H]C([2H])([2H])C([2H])(C)CC(C)(F)F. The van der Waals surface area contributed by atoms with Crippen molar-refractivity contribution in [3.63, 3.8) is 0 Å². The normalized spacial score (nSPS) is 29.0. The monoisotopic (exact) mass is 126 g/mol. The maximum atomic E-state index is 12.4. The lowest BCUT2D eigenvalue weighted by Crippen LogP contribution is -2.12. The minimum absolute atomic E-state index is 0.617. The molecule has 0 amide bonds. The number of rotatable bonds is 2. The van der Waals surface area contributed by atoms with E-state index in [0.717, 1.165) is 6.92 Å². The van der Waals surface area contributed by atoms with Gasteiger partial charge in [-0.3, -0.25) is 0 Å². The molecule has 0 saturated carbocycles. The lowest BCUT2D eigenvalue weighted by Gasteiger charge is -2.11. The number of halogens is 2. The van der Waals surface area contributed by atoms with Gasteiger partial charge in [-0.15, -0.1) is 0 Å². The summed E-state index contributed by atoms with van der Waals surface area (Å²) < 4.78 is 52.4. The second-order valence-electron chi connectivity index (χ2n) is 2.03. The zero-order valence-corrected chi connectivity index (χ0v) is 4.96. The molecule has 0 saturated heterocycles. The van der Waals surface area contributed by atoms with Gasteiger partial charge < -0.3 is 0 Å². The molecule has 0 spiro atoms. The van der Waals surface area contributed by atoms with Gasteiger partial charge in [-0.05, 0) is 12.8 Å². The van der Waals surface area contributed by atoms with Crippen molar-refractivity contribution >= 4 is 0 Å². The van der Waals surface area contributed by atoms with Crippen molar-refractivity contribution in [1.82, 2.24) is 0 Å². The molecule has 50 valence electrons. The quantitative estimate of drug-likeness (QED) is 0.533. The van der Waals surface area contributed by atoms with Crippen LogP contribution in [0.4, 0.5) is 8.78 Å². The first-order chi connectivity index (χ1) is 4.96. The van der Waals surface area contributed by atoms with Crippen LogP contribution in [-0.2, 0) is 0 Å². The summed E-state index contributed by atoms with van der Waals surface area (Å²) in [5, 5.41) is 0. The average molecular weight is 126 g/mol. The molecule has 0 aliphatic carbocycles. The molecule has 0 rings (SSSR count). The van der Waals surface area contributed by atoms with Crippen LogP contribution in [-0.4, -0.2) is 5.92 Å². The van der Waals surface area contributed by atoms with Crippen LogP contribution in [0, 0.1) is 5.89 Å². The van der Waals surface area contributed by atoms with E-state index in [4.69, 9.17) is 5.48 Å². The van der Waals surface area contributed by atoms with E-state index in [0.29, 0.717) is 6.92 Å². The molecular formula is C6H12F2. The highest BCUT2D eigenvalue weighted by Gasteiger charge is 2.21. The van der Waals surface area contributed by atoms with E-state index in [1.807, 2.05) is 0 Å². The molecule has 0 heterocycles. The van der Waals surface area contributed by atoms with E-state index in [1.54, 1.807) is 0 Å². The van der Waals surface area contributed by atoms with Gasteiger partial charge in [-0.2, -0.15) is 0 Å². The van der Waals surface area contributed by atoms with Gasteiger partial charge in [0.2, 0.25) is 5.92 Å². The van der Waals surface area contributed by atoms with Crippen molar-refractivity contribution in [3.8, 4) is 0 Å². The zero-order chi connectivity index (χ0) is 10.2. The van der Waals surface area contributed by atoms with E-state index in [9.17, 15) is 8.78 Å². The summed E-state index contributed by atoms with van der Waals surface area (Å²) in [6.45, 7) is -1.05. The van der Waals surface area contributed by atoms with Crippen LogP contribution in [0.15, 0.2) is 0 Å². The molecule has 1 atom stereocenters. The van der Waals surface area contributed by atoms with Crippen LogP contribution in [0.25, 0.3) is 0 Å². The van der Waals surface area contributed by atoms with Crippen molar-refractivity contribution in [1.29, 1.82) is 0 Å². The molecule has 0 aliphatic rings. The zero-order valence-electron chi connectivity index (χ0n) is 8.96. The molecule has 0 aliphatic heterocycles. The molecule has 0 aromatic rings. The Hall–Kier alpha value is -0.140. The summed E-state index contributed by atoms with van der Waals surface area (Å²) in [4.78, 5) is 0. The molecule has 0 N–H and O–H groups in total. The Bertz CT molecular complexity index is 156. The van der Waals surface area contributed by atoms with Gasteiger partial charge in [0.15, 0.2) is 0 Å². The predicted molar refractivity (Wildman–Crippen MR) is 30.1 cm³/mol. The third kappa shape index (κ3) is 5.86.